The van der Waals surface area contributed by atoms with Crippen LogP contribution >= 0.6 is 0 Å². The third-order valence-corrected chi connectivity index (χ3v) is 6.06. The summed E-state index contributed by atoms with van der Waals surface area (Å²) in [6.45, 7) is 8.71. The molecule has 0 aromatic rings. The summed E-state index contributed by atoms with van der Waals surface area (Å²) in [6.07, 6.45) is 12.8. The lowest BCUT2D eigenvalue weighted by atomic mass is 9.83. The molecule has 19 heavy (non-hydrogen) atoms. The van der Waals surface area contributed by atoms with Crippen molar-refractivity contribution in [3.05, 3.63) is 0 Å². The van der Waals surface area contributed by atoms with Crippen LogP contribution in [0.25, 0.3) is 0 Å². The molecule has 1 aliphatic heterocycles. The van der Waals surface area contributed by atoms with Crippen LogP contribution in [0.5, 0.6) is 0 Å². The van der Waals surface area contributed by atoms with Gasteiger partial charge in [0.05, 0.1) is 0 Å². The molecule has 2 aliphatic carbocycles. The second-order valence-corrected chi connectivity index (χ2v) is 7.61. The van der Waals surface area contributed by atoms with Crippen molar-refractivity contribution in [1.29, 1.82) is 0 Å². The first kappa shape index (κ1) is 13.9. The fourth-order valence-corrected chi connectivity index (χ4v) is 4.49. The highest BCUT2D eigenvalue weighted by atomic mass is 15.3. The zero-order chi connectivity index (χ0) is 13.3. The summed E-state index contributed by atoms with van der Waals surface area (Å²) in [7, 11) is 0. The van der Waals surface area contributed by atoms with Gasteiger partial charge >= 0.3 is 0 Å². The van der Waals surface area contributed by atoms with E-state index in [9.17, 15) is 0 Å². The van der Waals surface area contributed by atoms with Crippen LogP contribution in [0.3, 0.4) is 0 Å². The Hall–Kier alpha value is -0.0800. The van der Waals surface area contributed by atoms with Crippen molar-refractivity contribution >= 4 is 0 Å². The van der Waals surface area contributed by atoms with E-state index in [1.807, 2.05) is 0 Å². The quantitative estimate of drug-likeness (QED) is 0.764. The molecule has 2 heteroatoms. The minimum Gasteiger partial charge on any atom is -0.308 e. The van der Waals surface area contributed by atoms with Crippen LogP contribution in [0.15, 0.2) is 0 Å². The van der Waals surface area contributed by atoms with Crippen LogP contribution < -0.4 is 5.32 Å². The number of rotatable bonds is 5. The molecule has 0 amide bonds. The molecule has 0 bridgehead atoms. The van der Waals surface area contributed by atoms with Gasteiger partial charge in [-0.2, -0.15) is 0 Å². The summed E-state index contributed by atoms with van der Waals surface area (Å²) in [6, 6.07) is 0. The maximum Gasteiger partial charge on any atom is 0.0334 e. The van der Waals surface area contributed by atoms with E-state index in [4.69, 9.17) is 0 Å². The molecule has 1 unspecified atom stereocenters. The topological polar surface area (TPSA) is 15.3 Å². The van der Waals surface area contributed by atoms with Gasteiger partial charge in [0.25, 0.3) is 0 Å². The number of piperazine rings is 1. The largest absolute Gasteiger partial charge is 0.308 e. The Morgan fingerprint density at radius 3 is 2.53 bits per heavy atom. The molecule has 3 rings (SSSR count). The lowest BCUT2D eigenvalue weighted by molar-refractivity contribution is 0.00468. The van der Waals surface area contributed by atoms with Crippen molar-refractivity contribution in [3.63, 3.8) is 0 Å². The fourth-order valence-electron chi connectivity index (χ4n) is 4.49. The van der Waals surface area contributed by atoms with Crippen molar-refractivity contribution in [2.24, 2.45) is 5.92 Å². The maximum atomic E-state index is 3.97. The summed E-state index contributed by atoms with van der Waals surface area (Å²) in [4.78, 5) is 2.91. The highest BCUT2D eigenvalue weighted by Gasteiger charge is 2.51. The number of nitrogens with one attached hydrogen (secondary N) is 1. The summed E-state index contributed by atoms with van der Waals surface area (Å²) in [5.41, 5.74) is 0.947. The van der Waals surface area contributed by atoms with E-state index in [1.165, 1.54) is 77.4 Å². The molecule has 2 nitrogen and oxygen atoms in total. The smallest absolute Gasteiger partial charge is 0.0334 e. The number of hydrogen-bond acceptors (Lipinski definition) is 2. The highest BCUT2D eigenvalue weighted by Crippen LogP contribution is 2.45. The minimum atomic E-state index is 0.417. The monoisotopic (exact) mass is 264 g/mol. The first-order valence-electron chi connectivity index (χ1n) is 8.69. The average molecular weight is 264 g/mol. The third-order valence-electron chi connectivity index (χ3n) is 6.06. The Balaban J connectivity index is 1.68. The van der Waals surface area contributed by atoms with Gasteiger partial charge in [-0.15, -0.1) is 0 Å². The van der Waals surface area contributed by atoms with E-state index in [1.54, 1.807) is 0 Å². The Kier molecular flexibility index (Phi) is 3.92. The van der Waals surface area contributed by atoms with Crippen molar-refractivity contribution < 1.29 is 0 Å². The van der Waals surface area contributed by atoms with E-state index < -0.39 is 0 Å². The second kappa shape index (κ2) is 5.37. The van der Waals surface area contributed by atoms with Gasteiger partial charge in [-0.05, 0) is 51.5 Å². The Morgan fingerprint density at radius 2 is 1.89 bits per heavy atom. The fraction of sp³-hybridized carbons (Fsp3) is 1.00. The van der Waals surface area contributed by atoms with E-state index in [0.717, 1.165) is 5.92 Å². The predicted molar refractivity (Wildman–Crippen MR) is 81.4 cm³/mol. The van der Waals surface area contributed by atoms with Crippen molar-refractivity contribution in [3.8, 4) is 0 Å². The van der Waals surface area contributed by atoms with E-state index in [0.29, 0.717) is 11.1 Å². The molecule has 0 aromatic carbocycles. The minimum absolute atomic E-state index is 0.417. The summed E-state index contributed by atoms with van der Waals surface area (Å²) in [5.74, 6) is 0.958. The molecule has 110 valence electrons. The van der Waals surface area contributed by atoms with E-state index in [-0.39, 0.29) is 0 Å². The van der Waals surface area contributed by atoms with Gasteiger partial charge in [0.1, 0.15) is 0 Å². The summed E-state index contributed by atoms with van der Waals surface area (Å²) in [5, 5.41) is 3.97. The molecule has 3 fully saturated rings. The average Bonchev–Trinajstić information content (AvgIpc) is 3.16. The number of hydrogen-bond donors (Lipinski definition) is 1. The SMILES string of the molecule is CCCCCN1CC(C)(C2CC2)NCC12CCCC2. The molecule has 1 saturated heterocycles. The van der Waals surface area contributed by atoms with Gasteiger partial charge in [-0.1, -0.05) is 32.6 Å². The summed E-state index contributed by atoms with van der Waals surface area (Å²) < 4.78 is 0. The van der Waals surface area contributed by atoms with Gasteiger partial charge < -0.3 is 5.32 Å². The van der Waals surface area contributed by atoms with Gasteiger partial charge in [-0.25, -0.2) is 0 Å². The highest BCUT2D eigenvalue weighted by molar-refractivity contribution is 5.10. The third kappa shape index (κ3) is 2.71. The Bertz CT molecular complexity index is 304. The van der Waals surface area contributed by atoms with Crippen LogP contribution in [0.2, 0.25) is 0 Å². The molecule has 1 N–H and O–H groups in total. The molecular formula is C17H32N2. The second-order valence-electron chi connectivity index (χ2n) is 7.61. The van der Waals surface area contributed by atoms with Crippen LogP contribution in [0.4, 0.5) is 0 Å². The molecule has 1 spiro atoms. The van der Waals surface area contributed by atoms with Crippen molar-refractivity contribution in [2.45, 2.75) is 82.7 Å². The van der Waals surface area contributed by atoms with E-state index >= 15 is 0 Å². The molecule has 0 aromatic heterocycles. The predicted octanol–water partition coefficient (Wildman–Crippen LogP) is 3.56. The molecule has 2 saturated carbocycles. The van der Waals surface area contributed by atoms with Gasteiger partial charge in [0.2, 0.25) is 0 Å². The van der Waals surface area contributed by atoms with Crippen molar-refractivity contribution in [2.75, 3.05) is 19.6 Å². The molecule has 1 atom stereocenters. The number of nitrogens with zero attached hydrogens (tertiary/aromatic N) is 1. The van der Waals surface area contributed by atoms with Crippen LogP contribution in [0.1, 0.15) is 71.6 Å². The standard InChI is InChI=1S/C17H32N2/c1-3-4-7-12-19-14-16(2,15-8-9-15)18-13-17(19)10-5-6-11-17/h15,18H,3-14H2,1-2H3. The molecule has 0 radical (unpaired) electrons. The Labute approximate surface area is 119 Å². The molecule has 1 heterocycles. The van der Waals surface area contributed by atoms with Gasteiger partial charge in [0, 0.05) is 24.2 Å². The number of unbranched alkanes of at least 4 members (excludes halogenated alkanes) is 2. The normalized spacial score (nSPS) is 35.1. The van der Waals surface area contributed by atoms with Gasteiger partial charge in [0.15, 0.2) is 0 Å². The first-order valence-corrected chi connectivity index (χ1v) is 8.69. The maximum absolute atomic E-state index is 3.97. The zero-order valence-electron chi connectivity index (χ0n) is 13.0. The van der Waals surface area contributed by atoms with Crippen molar-refractivity contribution in [1.82, 2.24) is 10.2 Å². The molecular weight excluding hydrogens is 232 g/mol. The Morgan fingerprint density at radius 1 is 1.16 bits per heavy atom. The van der Waals surface area contributed by atoms with Crippen LogP contribution in [0, 0.1) is 5.92 Å². The zero-order valence-corrected chi connectivity index (χ0v) is 13.0. The van der Waals surface area contributed by atoms with E-state index in [2.05, 4.69) is 24.1 Å². The lowest BCUT2D eigenvalue weighted by Gasteiger charge is -2.53. The van der Waals surface area contributed by atoms with Crippen LogP contribution in [-0.2, 0) is 0 Å². The molecule has 3 aliphatic rings. The summed E-state index contributed by atoms with van der Waals surface area (Å²) >= 11 is 0. The van der Waals surface area contributed by atoms with Crippen LogP contribution in [-0.4, -0.2) is 35.6 Å². The first-order chi connectivity index (χ1) is 9.19. The lowest BCUT2D eigenvalue weighted by Crippen LogP contribution is -2.69. The van der Waals surface area contributed by atoms with Gasteiger partial charge in [-0.3, -0.25) is 4.90 Å².